The van der Waals surface area contributed by atoms with E-state index < -0.39 is 59.9 Å². The van der Waals surface area contributed by atoms with Crippen LogP contribution in [0.25, 0.3) is 0 Å². The van der Waals surface area contributed by atoms with E-state index in [1.165, 1.54) is 0 Å². The SMILES string of the molecule is CC(C)OC(c1ccc(C(OCOCC2CCCCC2)(C(F)(F)F)C(F)(F)F)cc1)(C(F)(F)F)C(F)(F)F. The maximum Gasteiger partial charge on any atom is 0.430 e. The van der Waals surface area contributed by atoms with Crippen LogP contribution in [0.2, 0.25) is 0 Å². The van der Waals surface area contributed by atoms with Crippen molar-refractivity contribution in [3.8, 4) is 0 Å². The van der Waals surface area contributed by atoms with Gasteiger partial charge in [-0.3, -0.25) is 0 Å². The summed E-state index contributed by atoms with van der Waals surface area (Å²) in [6.07, 6.45) is -22.6. The molecule has 2 rings (SSSR count). The number of rotatable bonds is 9. The van der Waals surface area contributed by atoms with Gasteiger partial charge in [0.05, 0.1) is 12.7 Å². The average Bonchev–Trinajstić information content (AvgIpc) is 2.75. The van der Waals surface area contributed by atoms with Gasteiger partial charge in [0.1, 0.15) is 6.79 Å². The highest BCUT2D eigenvalue weighted by atomic mass is 19.4. The third-order valence-corrected chi connectivity index (χ3v) is 6.14. The van der Waals surface area contributed by atoms with Crippen LogP contribution >= 0.6 is 0 Å². The lowest BCUT2D eigenvalue weighted by Gasteiger charge is -2.40. The molecule has 1 aliphatic rings. The van der Waals surface area contributed by atoms with Gasteiger partial charge in [-0.15, -0.1) is 0 Å². The van der Waals surface area contributed by atoms with Crippen molar-refractivity contribution in [3.63, 3.8) is 0 Å². The van der Waals surface area contributed by atoms with Crippen LogP contribution in [0.5, 0.6) is 0 Å². The third-order valence-electron chi connectivity index (χ3n) is 6.14. The van der Waals surface area contributed by atoms with Crippen molar-refractivity contribution in [2.45, 2.75) is 88.0 Å². The lowest BCUT2D eigenvalue weighted by Crippen LogP contribution is -2.57. The zero-order valence-corrected chi connectivity index (χ0v) is 20.2. The van der Waals surface area contributed by atoms with Crippen molar-refractivity contribution in [1.82, 2.24) is 0 Å². The molecule has 1 fully saturated rings. The highest BCUT2D eigenvalue weighted by molar-refractivity contribution is 5.35. The minimum atomic E-state index is -6.22. The van der Waals surface area contributed by atoms with Crippen LogP contribution in [0, 0.1) is 5.92 Å². The molecule has 1 saturated carbocycles. The van der Waals surface area contributed by atoms with Gasteiger partial charge in [-0.05, 0) is 32.6 Å². The Bertz CT molecular complexity index is 851. The maximum absolute atomic E-state index is 13.9. The first-order valence-electron chi connectivity index (χ1n) is 11.5. The molecule has 0 aromatic heterocycles. The van der Waals surface area contributed by atoms with Crippen LogP contribution in [0.4, 0.5) is 52.7 Å². The van der Waals surface area contributed by atoms with E-state index in [1.54, 1.807) is 0 Å². The van der Waals surface area contributed by atoms with E-state index in [2.05, 4.69) is 9.47 Å². The number of halogens is 12. The molecule has 0 aliphatic heterocycles. The van der Waals surface area contributed by atoms with E-state index >= 15 is 0 Å². The van der Waals surface area contributed by atoms with Gasteiger partial charge in [0, 0.05) is 11.1 Å². The summed E-state index contributed by atoms with van der Waals surface area (Å²) >= 11 is 0. The highest BCUT2D eigenvalue weighted by Gasteiger charge is 2.75. The molecule has 0 radical (unpaired) electrons. The number of alkyl halides is 12. The summed E-state index contributed by atoms with van der Waals surface area (Å²) in [6.45, 7) is 0.0277. The van der Waals surface area contributed by atoms with E-state index in [9.17, 15) is 52.7 Å². The van der Waals surface area contributed by atoms with E-state index in [-0.39, 0.29) is 36.8 Å². The van der Waals surface area contributed by atoms with Crippen molar-refractivity contribution in [3.05, 3.63) is 35.4 Å². The topological polar surface area (TPSA) is 27.7 Å². The first-order chi connectivity index (χ1) is 17.2. The van der Waals surface area contributed by atoms with Crippen molar-refractivity contribution in [1.29, 1.82) is 0 Å². The molecule has 0 spiro atoms. The Morgan fingerprint density at radius 2 is 1.05 bits per heavy atom. The molecule has 0 atom stereocenters. The zero-order chi connectivity index (χ0) is 29.2. The standard InChI is InChI=1S/C23H26F12O3/c1-14(2)38-19(22(30,31)32,23(33,34)35)17-10-8-16(9-11-17)18(20(24,25)26,21(27,28)29)37-13-36-12-15-6-4-3-5-7-15/h8-11,14-15H,3-7,12-13H2,1-2H3. The van der Waals surface area contributed by atoms with Crippen LogP contribution in [-0.2, 0) is 25.4 Å². The zero-order valence-electron chi connectivity index (χ0n) is 20.2. The molecule has 0 saturated heterocycles. The molecule has 1 aromatic carbocycles. The van der Waals surface area contributed by atoms with E-state index in [0.29, 0.717) is 12.8 Å². The molecule has 0 heterocycles. The molecule has 3 nitrogen and oxygen atoms in total. The van der Waals surface area contributed by atoms with Crippen molar-refractivity contribution in [2.24, 2.45) is 5.92 Å². The van der Waals surface area contributed by atoms with Crippen LogP contribution in [0.1, 0.15) is 57.1 Å². The van der Waals surface area contributed by atoms with Crippen molar-refractivity contribution in [2.75, 3.05) is 13.4 Å². The quantitative estimate of drug-likeness (QED) is 0.168. The predicted octanol–water partition coefficient (Wildman–Crippen LogP) is 8.32. The Kier molecular flexibility index (Phi) is 9.74. The van der Waals surface area contributed by atoms with Gasteiger partial charge in [-0.1, -0.05) is 43.5 Å². The second-order valence-electron chi connectivity index (χ2n) is 9.23. The van der Waals surface area contributed by atoms with Crippen LogP contribution in [0.15, 0.2) is 24.3 Å². The van der Waals surface area contributed by atoms with Gasteiger partial charge >= 0.3 is 24.7 Å². The molecule has 220 valence electrons. The van der Waals surface area contributed by atoms with Gasteiger partial charge in [0.15, 0.2) is 0 Å². The van der Waals surface area contributed by atoms with Crippen LogP contribution in [-0.4, -0.2) is 44.2 Å². The molecule has 0 amide bonds. The van der Waals surface area contributed by atoms with E-state index in [1.807, 2.05) is 0 Å². The first-order valence-corrected chi connectivity index (χ1v) is 11.5. The smallest absolute Gasteiger partial charge is 0.355 e. The lowest BCUT2D eigenvalue weighted by atomic mass is 9.86. The van der Waals surface area contributed by atoms with Crippen LogP contribution in [0.3, 0.4) is 0 Å². The van der Waals surface area contributed by atoms with E-state index in [4.69, 9.17) is 4.74 Å². The number of benzene rings is 1. The molecular formula is C23H26F12O3. The molecule has 0 unspecified atom stereocenters. The van der Waals surface area contributed by atoms with E-state index in [0.717, 1.165) is 33.1 Å². The summed E-state index contributed by atoms with van der Waals surface area (Å²) in [5, 5.41) is 0. The van der Waals surface area contributed by atoms with Gasteiger partial charge < -0.3 is 14.2 Å². The summed E-state index contributed by atoms with van der Waals surface area (Å²) in [5.74, 6) is -0.100. The predicted molar refractivity (Wildman–Crippen MR) is 109 cm³/mol. The largest absolute Gasteiger partial charge is 0.430 e. The van der Waals surface area contributed by atoms with Crippen molar-refractivity contribution < 1.29 is 66.9 Å². The van der Waals surface area contributed by atoms with Gasteiger partial charge in [0.25, 0.3) is 11.2 Å². The minimum absolute atomic E-state index is 0.100. The van der Waals surface area contributed by atoms with Gasteiger partial charge in [-0.25, -0.2) is 0 Å². The summed E-state index contributed by atoms with van der Waals surface area (Å²) in [6, 6.07) is -0.574. The fourth-order valence-electron chi connectivity index (χ4n) is 4.42. The van der Waals surface area contributed by atoms with Gasteiger partial charge in [-0.2, -0.15) is 52.7 Å². The second-order valence-corrected chi connectivity index (χ2v) is 9.23. The fraction of sp³-hybridized carbons (Fsp3) is 0.739. The average molecular weight is 578 g/mol. The summed E-state index contributed by atoms with van der Waals surface area (Å²) in [5.41, 5.74) is -13.7. The highest BCUT2D eigenvalue weighted by Crippen LogP contribution is 2.56. The minimum Gasteiger partial charge on any atom is -0.355 e. The number of hydrogen-bond acceptors (Lipinski definition) is 3. The number of hydrogen-bond donors (Lipinski definition) is 0. The Balaban J connectivity index is 2.53. The first kappa shape index (κ1) is 32.5. The molecule has 38 heavy (non-hydrogen) atoms. The maximum atomic E-state index is 13.9. The second kappa shape index (κ2) is 11.4. The summed E-state index contributed by atoms with van der Waals surface area (Å²) in [7, 11) is 0. The van der Waals surface area contributed by atoms with Crippen molar-refractivity contribution >= 4 is 0 Å². The fourth-order valence-corrected chi connectivity index (χ4v) is 4.42. The summed E-state index contributed by atoms with van der Waals surface area (Å²) < 4.78 is 179. The molecule has 1 aromatic rings. The third kappa shape index (κ3) is 6.35. The number of ether oxygens (including phenoxy) is 3. The molecule has 15 heteroatoms. The molecule has 0 bridgehead atoms. The molecular weight excluding hydrogens is 552 g/mol. The lowest BCUT2D eigenvalue weighted by molar-refractivity contribution is -0.402. The molecule has 0 N–H and O–H groups in total. The Hall–Kier alpha value is -1.74. The Morgan fingerprint density at radius 1 is 0.658 bits per heavy atom. The Morgan fingerprint density at radius 3 is 1.42 bits per heavy atom. The summed E-state index contributed by atoms with van der Waals surface area (Å²) in [4.78, 5) is 0. The monoisotopic (exact) mass is 578 g/mol. The van der Waals surface area contributed by atoms with Gasteiger partial charge in [0.2, 0.25) is 0 Å². The molecule has 1 aliphatic carbocycles. The normalized spacial score (nSPS) is 17.3. The Labute approximate surface area is 210 Å². The van der Waals surface area contributed by atoms with Crippen LogP contribution < -0.4 is 0 Å².